The first-order valence-corrected chi connectivity index (χ1v) is 7.35. The highest BCUT2D eigenvalue weighted by atomic mass is 16.6. The maximum absolute atomic E-state index is 12.2. The summed E-state index contributed by atoms with van der Waals surface area (Å²) in [6.45, 7) is 7.34. The summed E-state index contributed by atoms with van der Waals surface area (Å²) in [6.07, 6.45) is 3.40. The van der Waals surface area contributed by atoms with Crippen LogP contribution in [0.15, 0.2) is 18.3 Å². The summed E-state index contributed by atoms with van der Waals surface area (Å²) < 4.78 is 5.43. The summed E-state index contributed by atoms with van der Waals surface area (Å²) in [6, 6.07) is 3.96. The highest BCUT2D eigenvalue weighted by Crippen LogP contribution is 2.21. The third kappa shape index (κ3) is 4.31. The summed E-state index contributed by atoms with van der Waals surface area (Å²) >= 11 is 0. The standard InChI is InChI=1S/C15H24N4O2/c1-15(2,3)21-14(20)18(4)12-7-6-10-19(11-12)13-8-5-9-16-17-13/h5,8-9,12H,6-7,10-11H2,1-4H3. The molecule has 1 amide bonds. The molecular formula is C15H24N4O2. The van der Waals surface area contributed by atoms with Crippen LogP contribution in [0.3, 0.4) is 0 Å². The summed E-state index contributed by atoms with van der Waals surface area (Å²) in [7, 11) is 1.80. The molecular weight excluding hydrogens is 268 g/mol. The second-order valence-electron chi connectivity index (χ2n) is 6.42. The fourth-order valence-corrected chi connectivity index (χ4v) is 2.42. The molecule has 116 valence electrons. The molecule has 1 aromatic heterocycles. The van der Waals surface area contributed by atoms with Crippen molar-refractivity contribution in [3.63, 3.8) is 0 Å². The van der Waals surface area contributed by atoms with Crippen molar-refractivity contribution in [2.45, 2.75) is 45.3 Å². The molecule has 6 heteroatoms. The summed E-state index contributed by atoms with van der Waals surface area (Å²) in [4.78, 5) is 16.0. The van der Waals surface area contributed by atoms with E-state index in [0.29, 0.717) is 0 Å². The van der Waals surface area contributed by atoms with Crippen LogP contribution in [0.5, 0.6) is 0 Å². The minimum atomic E-state index is -0.468. The number of amides is 1. The van der Waals surface area contributed by atoms with Gasteiger partial charge in [-0.15, -0.1) is 5.10 Å². The predicted molar refractivity (Wildman–Crippen MR) is 81.3 cm³/mol. The van der Waals surface area contributed by atoms with Crippen molar-refractivity contribution in [1.29, 1.82) is 0 Å². The quantitative estimate of drug-likeness (QED) is 0.837. The number of hydrogen-bond donors (Lipinski definition) is 0. The van der Waals surface area contributed by atoms with E-state index in [2.05, 4.69) is 15.1 Å². The van der Waals surface area contributed by atoms with Crippen molar-refractivity contribution in [3.8, 4) is 0 Å². The zero-order valence-corrected chi connectivity index (χ0v) is 13.2. The second-order valence-corrected chi connectivity index (χ2v) is 6.42. The molecule has 1 atom stereocenters. The van der Waals surface area contributed by atoms with Crippen LogP contribution in [0.1, 0.15) is 33.6 Å². The van der Waals surface area contributed by atoms with Crippen LogP contribution >= 0.6 is 0 Å². The van der Waals surface area contributed by atoms with E-state index in [9.17, 15) is 4.79 Å². The Morgan fingerprint density at radius 3 is 2.86 bits per heavy atom. The van der Waals surface area contributed by atoms with E-state index in [1.54, 1.807) is 18.1 Å². The molecule has 2 heterocycles. The van der Waals surface area contributed by atoms with Crippen LogP contribution in [0, 0.1) is 0 Å². The molecule has 0 bridgehead atoms. The fraction of sp³-hybridized carbons (Fsp3) is 0.667. The van der Waals surface area contributed by atoms with E-state index in [4.69, 9.17) is 4.74 Å². The fourth-order valence-electron chi connectivity index (χ4n) is 2.42. The molecule has 21 heavy (non-hydrogen) atoms. The normalized spacial score (nSPS) is 19.2. The second kappa shape index (κ2) is 6.28. The molecule has 0 radical (unpaired) electrons. The first-order valence-electron chi connectivity index (χ1n) is 7.35. The van der Waals surface area contributed by atoms with Crippen molar-refractivity contribution < 1.29 is 9.53 Å². The van der Waals surface area contributed by atoms with Gasteiger partial charge in [0.15, 0.2) is 5.82 Å². The first-order chi connectivity index (χ1) is 9.87. The Labute approximate surface area is 126 Å². The van der Waals surface area contributed by atoms with E-state index < -0.39 is 5.60 Å². The lowest BCUT2D eigenvalue weighted by Crippen LogP contribution is -2.50. The molecule has 0 spiro atoms. The van der Waals surface area contributed by atoms with Gasteiger partial charge < -0.3 is 14.5 Å². The number of piperidine rings is 1. The number of aromatic nitrogens is 2. The maximum Gasteiger partial charge on any atom is 0.410 e. The SMILES string of the molecule is CN(C(=O)OC(C)(C)C)C1CCCN(c2cccnn2)C1. The molecule has 1 aliphatic rings. The lowest BCUT2D eigenvalue weighted by Gasteiger charge is -2.38. The third-order valence-electron chi connectivity index (χ3n) is 3.51. The van der Waals surface area contributed by atoms with Gasteiger partial charge in [-0.25, -0.2) is 4.79 Å². The van der Waals surface area contributed by atoms with Crippen LogP contribution < -0.4 is 4.90 Å². The number of rotatable bonds is 2. The van der Waals surface area contributed by atoms with Gasteiger partial charge in [-0.05, 0) is 45.7 Å². The molecule has 0 saturated carbocycles. The lowest BCUT2D eigenvalue weighted by molar-refractivity contribution is 0.0209. The molecule has 6 nitrogen and oxygen atoms in total. The number of carbonyl (C=O) groups excluding carboxylic acids is 1. The molecule has 1 unspecified atom stereocenters. The van der Waals surface area contributed by atoms with E-state index in [-0.39, 0.29) is 12.1 Å². The van der Waals surface area contributed by atoms with E-state index in [0.717, 1.165) is 31.7 Å². The lowest BCUT2D eigenvalue weighted by atomic mass is 10.0. The van der Waals surface area contributed by atoms with Crippen LogP contribution in [0.25, 0.3) is 0 Å². The predicted octanol–water partition coefficient (Wildman–Crippen LogP) is 2.31. The maximum atomic E-state index is 12.2. The van der Waals surface area contributed by atoms with Crippen LogP contribution in [0.4, 0.5) is 10.6 Å². The minimum absolute atomic E-state index is 0.135. The van der Waals surface area contributed by atoms with Gasteiger partial charge in [0.05, 0.1) is 6.04 Å². The number of nitrogens with zero attached hydrogens (tertiary/aromatic N) is 4. The van der Waals surface area contributed by atoms with Gasteiger partial charge in [0.1, 0.15) is 5.60 Å². The minimum Gasteiger partial charge on any atom is -0.444 e. The third-order valence-corrected chi connectivity index (χ3v) is 3.51. The largest absolute Gasteiger partial charge is 0.444 e. The van der Waals surface area contributed by atoms with Gasteiger partial charge in [0.2, 0.25) is 0 Å². The molecule has 0 aromatic carbocycles. The Morgan fingerprint density at radius 2 is 2.24 bits per heavy atom. The Bertz CT molecular complexity index is 472. The number of carbonyl (C=O) groups is 1. The molecule has 1 aliphatic heterocycles. The van der Waals surface area contributed by atoms with Crippen molar-refractivity contribution in [2.24, 2.45) is 0 Å². The van der Waals surface area contributed by atoms with Gasteiger partial charge in [-0.1, -0.05) is 0 Å². The van der Waals surface area contributed by atoms with Crippen molar-refractivity contribution in [3.05, 3.63) is 18.3 Å². The summed E-state index contributed by atoms with van der Waals surface area (Å²) in [5.41, 5.74) is -0.468. The van der Waals surface area contributed by atoms with Gasteiger partial charge in [-0.3, -0.25) is 0 Å². The van der Waals surface area contributed by atoms with Crippen molar-refractivity contribution in [1.82, 2.24) is 15.1 Å². The van der Waals surface area contributed by atoms with Crippen molar-refractivity contribution >= 4 is 11.9 Å². The highest BCUT2D eigenvalue weighted by molar-refractivity contribution is 5.68. The Morgan fingerprint density at radius 1 is 1.48 bits per heavy atom. The Kier molecular flexibility index (Phi) is 4.65. The van der Waals surface area contributed by atoms with Crippen LogP contribution in [0.2, 0.25) is 0 Å². The average Bonchev–Trinajstić information content (AvgIpc) is 2.46. The molecule has 1 fully saturated rings. The first kappa shape index (κ1) is 15.5. The zero-order valence-electron chi connectivity index (χ0n) is 13.2. The zero-order chi connectivity index (χ0) is 15.5. The average molecular weight is 292 g/mol. The topological polar surface area (TPSA) is 58.6 Å². The number of hydrogen-bond acceptors (Lipinski definition) is 5. The van der Waals surface area contributed by atoms with Gasteiger partial charge in [0, 0.05) is 26.3 Å². The smallest absolute Gasteiger partial charge is 0.410 e. The Hall–Kier alpha value is -1.85. The molecule has 0 N–H and O–H groups in total. The van der Waals surface area contributed by atoms with Crippen LogP contribution in [-0.4, -0.2) is 53.0 Å². The van der Waals surface area contributed by atoms with Gasteiger partial charge >= 0.3 is 6.09 Å². The molecule has 0 aliphatic carbocycles. The number of anilines is 1. The summed E-state index contributed by atoms with van der Waals surface area (Å²) in [5, 5.41) is 8.06. The van der Waals surface area contributed by atoms with Crippen molar-refractivity contribution in [2.75, 3.05) is 25.0 Å². The van der Waals surface area contributed by atoms with Crippen LogP contribution in [-0.2, 0) is 4.74 Å². The summed E-state index contributed by atoms with van der Waals surface area (Å²) in [5.74, 6) is 0.861. The Balaban J connectivity index is 1.99. The molecule has 1 aromatic rings. The van der Waals surface area contributed by atoms with E-state index in [1.165, 1.54) is 0 Å². The number of ether oxygens (including phenoxy) is 1. The van der Waals surface area contributed by atoms with E-state index >= 15 is 0 Å². The monoisotopic (exact) mass is 292 g/mol. The highest BCUT2D eigenvalue weighted by Gasteiger charge is 2.29. The number of likely N-dealkylation sites (N-methyl/N-ethyl adjacent to an activating group) is 1. The van der Waals surface area contributed by atoms with Gasteiger partial charge in [-0.2, -0.15) is 5.10 Å². The molecule has 2 rings (SSSR count). The molecule has 1 saturated heterocycles. The van der Waals surface area contributed by atoms with Gasteiger partial charge in [0.25, 0.3) is 0 Å². The van der Waals surface area contributed by atoms with E-state index in [1.807, 2.05) is 32.9 Å².